The molecule has 0 bridgehead atoms. The van der Waals surface area contributed by atoms with E-state index >= 15 is 0 Å². The summed E-state index contributed by atoms with van der Waals surface area (Å²) < 4.78 is 24.9. The first-order valence-corrected chi connectivity index (χ1v) is 2.78. The van der Waals surface area contributed by atoms with Crippen LogP contribution < -0.4 is 0 Å². The molecule has 1 rings (SSSR count). The van der Waals surface area contributed by atoms with Crippen molar-refractivity contribution in [1.29, 1.82) is 0 Å². The van der Waals surface area contributed by atoms with Crippen molar-refractivity contribution in [2.75, 3.05) is 0 Å². The van der Waals surface area contributed by atoms with Crippen LogP contribution in [-0.2, 0) is 0 Å². The lowest BCUT2D eigenvalue weighted by atomic mass is 10.2. The Bertz CT molecular complexity index is 286. The summed E-state index contributed by atoms with van der Waals surface area (Å²) in [7, 11) is 0. The first-order valence-electron chi connectivity index (χ1n) is 2.78. The van der Waals surface area contributed by atoms with E-state index in [1.165, 1.54) is 0 Å². The van der Waals surface area contributed by atoms with Crippen LogP contribution in [-0.4, -0.2) is 11.4 Å². The minimum Gasteiger partial charge on any atom is -0.411 e. The van der Waals surface area contributed by atoms with Gasteiger partial charge in [0.05, 0.1) is 6.21 Å². The fourth-order valence-electron chi connectivity index (χ4n) is 0.624. The average molecular weight is 156 g/mol. The molecule has 0 aliphatic carbocycles. The van der Waals surface area contributed by atoms with Gasteiger partial charge in [0.15, 0.2) is 0 Å². The standard InChI is InChI=1S/C7H4F2NO/c8-6-1-2-7(9)5(3-6)4-10-11/h2-4,11H. The first kappa shape index (κ1) is 7.65. The molecule has 1 aromatic rings. The molecule has 1 N–H and O–H groups in total. The molecule has 0 heterocycles. The number of halogens is 2. The molecule has 0 spiro atoms. The zero-order valence-corrected chi connectivity index (χ0v) is 5.38. The maximum atomic E-state index is 12.6. The smallest absolute Gasteiger partial charge is 0.132 e. The highest BCUT2D eigenvalue weighted by Crippen LogP contribution is 2.05. The van der Waals surface area contributed by atoms with Crippen molar-refractivity contribution >= 4 is 6.21 Å². The summed E-state index contributed by atoms with van der Waals surface area (Å²) in [5.41, 5.74) is -0.108. The van der Waals surface area contributed by atoms with Crippen LogP contribution in [0.4, 0.5) is 8.78 Å². The van der Waals surface area contributed by atoms with E-state index in [0.29, 0.717) is 0 Å². The Labute approximate surface area is 61.8 Å². The number of oxime groups is 1. The van der Waals surface area contributed by atoms with Gasteiger partial charge >= 0.3 is 0 Å². The molecule has 2 nitrogen and oxygen atoms in total. The van der Waals surface area contributed by atoms with Gasteiger partial charge in [-0.15, -0.1) is 0 Å². The Balaban J connectivity index is 3.12. The van der Waals surface area contributed by atoms with E-state index in [4.69, 9.17) is 5.21 Å². The highest BCUT2D eigenvalue weighted by molar-refractivity contribution is 5.79. The molecule has 11 heavy (non-hydrogen) atoms. The molecular formula is C7H4F2NO. The third kappa shape index (κ3) is 1.73. The quantitative estimate of drug-likeness (QED) is 0.373. The highest BCUT2D eigenvalue weighted by atomic mass is 19.1. The first-order chi connectivity index (χ1) is 5.24. The monoisotopic (exact) mass is 156 g/mol. The molecule has 0 unspecified atom stereocenters. The lowest BCUT2D eigenvalue weighted by Crippen LogP contribution is -1.89. The Morgan fingerprint density at radius 2 is 2.27 bits per heavy atom. The second kappa shape index (κ2) is 3.09. The van der Waals surface area contributed by atoms with Crippen LogP contribution >= 0.6 is 0 Å². The van der Waals surface area contributed by atoms with Crippen molar-refractivity contribution in [1.82, 2.24) is 0 Å². The zero-order chi connectivity index (χ0) is 8.27. The van der Waals surface area contributed by atoms with Crippen LogP contribution in [0.25, 0.3) is 0 Å². The fraction of sp³-hybridized carbons (Fsp3) is 0. The summed E-state index contributed by atoms with van der Waals surface area (Å²) in [5.74, 6) is -1.37. The lowest BCUT2D eigenvalue weighted by molar-refractivity contribution is 0.321. The average Bonchev–Trinajstić information content (AvgIpc) is 1.98. The summed E-state index contributed by atoms with van der Waals surface area (Å²) in [4.78, 5) is 0. The summed E-state index contributed by atoms with van der Waals surface area (Å²) >= 11 is 0. The summed E-state index contributed by atoms with van der Waals surface area (Å²) in [6.45, 7) is 0. The molecular weight excluding hydrogens is 152 g/mol. The molecule has 0 saturated carbocycles. The highest BCUT2D eigenvalue weighted by Gasteiger charge is 2.00. The maximum Gasteiger partial charge on any atom is 0.132 e. The second-order valence-corrected chi connectivity index (χ2v) is 1.83. The number of hydrogen-bond donors (Lipinski definition) is 1. The van der Waals surface area contributed by atoms with Crippen molar-refractivity contribution in [2.24, 2.45) is 5.16 Å². The third-order valence-electron chi connectivity index (χ3n) is 1.09. The Morgan fingerprint density at radius 1 is 1.55 bits per heavy atom. The number of nitrogens with zero attached hydrogens (tertiary/aromatic N) is 1. The molecule has 0 aliphatic rings. The minimum absolute atomic E-state index is 0.108. The van der Waals surface area contributed by atoms with E-state index < -0.39 is 11.6 Å². The maximum absolute atomic E-state index is 12.6. The van der Waals surface area contributed by atoms with Gasteiger partial charge in [0.25, 0.3) is 0 Å². The van der Waals surface area contributed by atoms with E-state index in [0.717, 1.165) is 18.3 Å². The molecule has 0 aliphatic heterocycles. The predicted octanol–water partition coefficient (Wildman–Crippen LogP) is 1.57. The van der Waals surface area contributed by atoms with E-state index in [1.54, 1.807) is 0 Å². The zero-order valence-electron chi connectivity index (χ0n) is 5.38. The molecule has 4 heteroatoms. The Morgan fingerprint density at radius 3 is 2.91 bits per heavy atom. The van der Waals surface area contributed by atoms with Crippen molar-refractivity contribution in [3.63, 3.8) is 0 Å². The molecule has 57 valence electrons. The van der Waals surface area contributed by atoms with Gasteiger partial charge in [-0.1, -0.05) is 5.16 Å². The summed E-state index contributed by atoms with van der Waals surface area (Å²) in [6, 6.07) is 3.74. The van der Waals surface area contributed by atoms with Gasteiger partial charge in [0.1, 0.15) is 11.6 Å². The van der Waals surface area contributed by atoms with Crippen LogP contribution in [0.15, 0.2) is 17.3 Å². The van der Waals surface area contributed by atoms with E-state index in [2.05, 4.69) is 5.16 Å². The van der Waals surface area contributed by atoms with E-state index in [1.807, 2.05) is 6.07 Å². The summed E-state index contributed by atoms with van der Waals surface area (Å²) in [5, 5.41) is 10.6. The van der Waals surface area contributed by atoms with Crippen molar-refractivity contribution in [3.05, 3.63) is 35.4 Å². The van der Waals surface area contributed by atoms with Crippen LogP contribution in [0.3, 0.4) is 0 Å². The molecule has 1 radical (unpaired) electrons. The van der Waals surface area contributed by atoms with E-state index in [-0.39, 0.29) is 5.56 Å². The van der Waals surface area contributed by atoms with Gasteiger partial charge in [-0.25, -0.2) is 8.78 Å². The SMILES string of the molecule is ON=Cc1cc(F)[c]cc1F. The third-order valence-corrected chi connectivity index (χ3v) is 1.09. The number of rotatable bonds is 1. The molecule has 0 amide bonds. The van der Waals surface area contributed by atoms with Crippen LogP contribution in [0.2, 0.25) is 0 Å². The van der Waals surface area contributed by atoms with Gasteiger partial charge in [-0.3, -0.25) is 0 Å². The van der Waals surface area contributed by atoms with Crippen LogP contribution in [0.5, 0.6) is 0 Å². The molecule has 0 fully saturated rings. The minimum atomic E-state index is -0.693. The topological polar surface area (TPSA) is 32.6 Å². The molecule has 1 aromatic carbocycles. The van der Waals surface area contributed by atoms with Gasteiger partial charge in [0.2, 0.25) is 0 Å². The predicted molar refractivity (Wildman–Crippen MR) is 34.6 cm³/mol. The van der Waals surface area contributed by atoms with Crippen molar-refractivity contribution in [2.45, 2.75) is 0 Å². The largest absolute Gasteiger partial charge is 0.411 e. The van der Waals surface area contributed by atoms with Crippen LogP contribution in [0, 0.1) is 17.7 Å². The molecule has 0 atom stereocenters. The van der Waals surface area contributed by atoms with Gasteiger partial charge < -0.3 is 5.21 Å². The summed E-state index contributed by atoms with van der Waals surface area (Å²) in [6.07, 6.45) is 0.812. The van der Waals surface area contributed by atoms with E-state index in [9.17, 15) is 8.78 Å². The van der Waals surface area contributed by atoms with Crippen molar-refractivity contribution in [3.8, 4) is 0 Å². The van der Waals surface area contributed by atoms with Gasteiger partial charge in [-0.05, 0) is 12.1 Å². The Kier molecular flexibility index (Phi) is 2.15. The normalized spacial score (nSPS) is 10.7. The molecule has 0 saturated heterocycles. The number of hydrogen-bond acceptors (Lipinski definition) is 2. The Hall–Kier alpha value is -1.45. The van der Waals surface area contributed by atoms with Gasteiger partial charge in [0, 0.05) is 11.6 Å². The van der Waals surface area contributed by atoms with Crippen LogP contribution in [0.1, 0.15) is 5.56 Å². The molecule has 0 aromatic heterocycles. The fourth-order valence-corrected chi connectivity index (χ4v) is 0.624. The van der Waals surface area contributed by atoms with Gasteiger partial charge in [-0.2, -0.15) is 0 Å². The second-order valence-electron chi connectivity index (χ2n) is 1.83. The lowest BCUT2D eigenvalue weighted by Gasteiger charge is -1.93. The number of benzene rings is 1. The van der Waals surface area contributed by atoms with Crippen molar-refractivity contribution < 1.29 is 14.0 Å².